The zero-order valence-corrected chi connectivity index (χ0v) is 12.9. The Bertz CT molecular complexity index is 586. The minimum Gasteiger partial charge on any atom is -0.384 e. The van der Waals surface area contributed by atoms with Gasteiger partial charge in [0.2, 0.25) is 0 Å². The first-order valence-electron chi connectivity index (χ1n) is 5.04. The molecule has 0 saturated carbocycles. The quantitative estimate of drug-likeness (QED) is 0.736. The van der Waals surface area contributed by atoms with Crippen LogP contribution in [0.3, 0.4) is 0 Å². The third-order valence-corrected chi connectivity index (χ3v) is 3.66. The number of hydrogen-bond acceptors (Lipinski definition) is 3. The predicted octanol–water partition coefficient (Wildman–Crippen LogP) is 3.28. The minimum absolute atomic E-state index is 0.210. The van der Waals surface area contributed by atoms with E-state index in [-0.39, 0.29) is 5.91 Å². The maximum atomic E-state index is 12.0. The van der Waals surface area contributed by atoms with E-state index in [9.17, 15) is 4.79 Å². The zero-order chi connectivity index (χ0) is 13.1. The minimum atomic E-state index is -0.210. The van der Waals surface area contributed by atoms with Crippen molar-refractivity contribution in [3.63, 3.8) is 0 Å². The number of anilines is 2. The second-order valence-electron chi connectivity index (χ2n) is 3.55. The van der Waals surface area contributed by atoms with Crippen molar-refractivity contribution < 1.29 is 4.79 Å². The number of pyridine rings is 1. The van der Waals surface area contributed by atoms with Crippen molar-refractivity contribution in [2.75, 3.05) is 11.1 Å². The first kappa shape index (κ1) is 13.3. The Kier molecular flexibility index (Phi) is 4.18. The number of aromatic nitrogens is 1. The lowest BCUT2D eigenvalue weighted by atomic mass is 10.2. The van der Waals surface area contributed by atoms with Crippen LogP contribution in [0.25, 0.3) is 0 Å². The first-order chi connectivity index (χ1) is 8.56. The summed E-state index contributed by atoms with van der Waals surface area (Å²) in [7, 11) is 0. The zero-order valence-electron chi connectivity index (χ0n) is 9.15. The van der Waals surface area contributed by atoms with Crippen LogP contribution in [-0.2, 0) is 0 Å². The summed E-state index contributed by atoms with van der Waals surface area (Å²) in [4.78, 5) is 15.9. The van der Waals surface area contributed by atoms with E-state index in [0.717, 1.165) is 13.7 Å². The Morgan fingerprint density at radius 3 is 2.78 bits per heavy atom. The molecule has 0 radical (unpaired) electrons. The fraction of sp³-hybridized carbons (Fsp3) is 0. The van der Waals surface area contributed by atoms with Gasteiger partial charge in [0.05, 0.1) is 11.3 Å². The second kappa shape index (κ2) is 5.66. The molecule has 6 heteroatoms. The molecule has 0 fully saturated rings. The van der Waals surface area contributed by atoms with Gasteiger partial charge in [-0.1, -0.05) is 15.9 Å². The molecule has 0 atom stereocenters. The highest BCUT2D eigenvalue weighted by molar-refractivity contribution is 14.1. The Morgan fingerprint density at radius 1 is 1.33 bits per heavy atom. The van der Waals surface area contributed by atoms with Crippen molar-refractivity contribution in [3.8, 4) is 0 Å². The maximum Gasteiger partial charge on any atom is 0.257 e. The van der Waals surface area contributed by atoms with Gasteiger partial charge in [-0.2, -0.15) is 0 Å². The standard InChI is InChI=1S/C12H9BrIN3O/c13-8-2-3-9(14)10(5-8)17-12(18)7-1-4-11(15)16-6-7/h1-6H,(H2,15,16)(H,17,18). The number of hydrogen-bond donors (Lipinski definition) is 2. The van der Waals surface area contributed by atoms with Crippen LogP contribution in [0.1, 0.15) is 10.4 Å². The number of carbonyl (C=O) groups excluding carboxylic acids is 1. The molecule has 0 spiro atoms. The number of benzene rings is 1. The number of rotatable bonds is 2. The van der Waals surface area contributed by atoms with E-state index in [2.05, 4.69) is 48.8 Å². The van der Waals surface area contributed by atoms with Gasteiger partial charge < -0.3 is 11.1 Å². The highest BCUT2D eigenvalue weighted by atomic mass is 127. The normalized spacial score (nSPS) is 10.1. The molecule has 92 valence electrons. The fourth-order valence-corrected chi connectivity index (χ4v) is 2.16. The number of amides is 1. The fourth-order valence-electron chi connectivity index (χ4n) is 1.33. The van der Waals surface area contributed by atoms with Crippen molar-refractivity contribution in [2.24, 2.45) is 0 Å². The van der Waals surface area contributed by atoms with E-state index in [0.29, 0.717) is 11.4 Å². The van der Waals surface area contributed by atoms with Gasteiger partial charge in [-0.3, -0.25) is 4.79 Å². The molecule has 0 saturated heterocycles. The summed E-state index contributed by atoms with van der Waals surface area (Å²) in [6, 6.07) is 8.93. The summed E-state index contributed by atoms with van der Waals surface area (Å²) < 4.78 is 1.88. The van der Waals surface area contributed by atoms with Gasteiger partial charge in [-0.05, 0) is 52.9 Å². The van der Waals surface area contributed by atoms with Gasteiger partial charge in [0, 0.05) is 14.2 Å². The van der Waals surface area contributed by atoms with Crippen LogP contribution in [0.5, 0.6) is 0 Å². The topological polar surface area (TPSA) is 68.0 Å². The molecule has 0 unspecified atom stereocenters. The number of halogens is 2. The molecule has 1 amide bonds. The monoisotopic (exact) mass is 417 g/mol. The van der Waals surface area contributed by atoms with Gasteiger partial charge >= 0.3 is 0 Å². The maximum absolute atomic E-state index is 12.0. The van der Waals surface area contributed by atoms with Crippen LogP contribution >= 0.6 is 38.5 Å². The first-order valence-corrected chi connectivity index (χ1v) is 6.91. The molecule has 2 aromatic rings. The molecule has 4 nitrogen and oxygen atoms in total. The summed E-state index contributed by atoms with van der Waals surface area (Å²) >= 11 is 5.53. The predicted molar refractivity (Wildman–Crippen MR) is 83.5 cm³/mol. The van der Waals surface area contributed by atoms with Crippen LogP contribution < -0.4 is 11.1 Å². The van der Waals surface area contributed by atoms with Crippen molar-refractivity contribution in [2.45, 2.75) is 0 Å². The number of nitrogens with two attached hydrogens (primary N) is 1. The molecule has 2 rings (SSSR count). The molecule has 0 aliphatic heterocycles. The Morgan fingerprint density at radius 2 is 2.11 bits per heavy atom. The molecule has 1 aromatic heterocycles. The van der Waals surface area contributed by atoms with E-state index >= 15 is 0 Å². The summed E-state index contributed by atoms with van der Waals surface area (Å²) in [5.74, 6) is 0.183. The van der Waals surface area contributed by atoms with E-state index in [4.69, 9.17) is 5.73 Å². The molecule has 1 heterocycles. The van der Waals surface area contributed by atoms with Crippen molar-refractivity contribution in [1.82, 2.24) is 4.98 Å². The van der Waals surface area contributed by atoms with Gasteiger partial charge in [0.15, 0.2) is 0 Å². The number of nitrogens with one attached hydrogen (secondary N) is 1. The SMILES string of the molecule is Nc1ccc(C(=O)Nc2cc(Br)ccc2I)cn1. The summed E-state index contributed by atoms with van der Waals surface area (Å²) in [5, 5.41) is 2.83. The van der Waals surface area contributed by atoms with Crippen LogP contribution in [0.2, 0.25) is 0 Å². The average Bonchev–Trinajstić information content (AvgIpc) is 2.34. The van der Waals surface area contributed by atoms with Crippen LogP contribution in [0.4, 0.5) is 11.5 Å². The number of nitrogen functional groups attached to an aromatic ring is 1. The van der Waals surface area contributed by atoms with Crippen LogP contribution in [0.15, 0.2) is 41.0 Å². The highest BCUT2D eigenvalue weighted by Gasteiger charge is 2.08. The van der Waals surface area contributed by atoms with Gasteiger partial charge in [-0.15, -0.1) is 0 Å². The van der Waals surface area contributed by atoms with E-state index in [1.165, 1.54) is 6.20 Å². The Hall–Kier alpha value is -1.15. The van der Waals surface area contributed by atoms with Crippen molar-refractivity contribution in [3.05, 3.63) is 50.1 Å². The van der Waals surface area contributed by atoms with Gasteiger partial charge in [0.1, 0.15) is 5.82 Å². The molecule has 3 N–H and O–H groups in total. The Labute approximate surface area is 126 Å². The second-order valence-corrected chi connectivity index (χ2v) is 5.63. The summed E-state index contributed by atoms with van der Waals surface area (Å²) in [5.41, 5.74) is 6.70. The van der Waals surface area contributed by atoms with Crippen molar-refractivity contribution in [1.29, 1.82) is 0 Å². The van der Waals surface area contributed by atoms with Crippen LogP contribution in [0, 0.1) is 3.57 Å². The molecular weight excluding hydrogens is 409 g/mol. The Balaban J connectivity index is 2.21. The third-order valence-electron chi connectivity index (χ3n) is 2.23. The van der Waals surface area contributed by atoms with Crippen molar-refractivity contribution >= 4 is 55.9 Å². The highest BCUT2D eigenvalue weighted by Crippen LogP contribution is 2.23. The molecule has 0 bridgehead atoms. The molecule has 1 aromatic carbocycles. The summed E-state index contributed by atoms with van der Waals surface area (Å²) in [6.07, 6.45) is 1.45. The van der Waals surface area contributed by atoms with Crippen LogP contribution in [-0.4, -0.2) is 10.9 Å². The lowest BCUT2D eigenvalue weighted by Gasteiger charge is -2.07. The van der Waals surface area contributed by atoms with E-state index in [1.54, 1.807) is 12.1 Å². The number of nitrogens with zero attached hydrogens (tertiary/aromatic N) is 1. The largest absolute Gasteiger partial charge is 0.384 e. The molecular formula is C12H9BrIN3O. The lowest BCUT2D eigenvalue weighted by molar-refractivity contribution is 0.102. The summed E-state index contributed by atoms with van der Waals surface area (Å²) in [6.45, 7) is 0. The third kappa shape index (κ3) is 3.20. The molecule has 0 aliphatic carbocycles. The van der Waals surface area contributed by atoms with E-state index in [1.807, 2.05) is 18.2 Å². The average molecular weight is 418 g/mol. The molecule has 0 aliphatic rings. The van der Waals surface area contributed by atoms with Gasteiger partial charge in [0.25, 0.3) is 5.91 Å². The smallest absolute Gasteiger partial charge is 0.257 e. The lowest BCUT2D eigenvalue weighted by Crippen LogP contribution is -2.13. The van der Waals surface area contributed by atoms with E-state index < -0.39 is 0 Å². The number of carbonyl (C=O) groups is 1. The van der Waals surface area contributed by atoms with Gasteiger partial charge in [-0.25, -0.2) is 4.98 Å². The molecule has 18 heavy (non-hydrogen) atoms.